The lowest BCUT2D eigenvalue weighted by Gasteiger charge is -1.79. The van der Waals surface area contributed by atoms with Crippen LogP contribution in [0.1, 0.15) is 0 Å². The van der Waals surface area contributed by atoms with Gasteiger partial charge >= 0.3 is 0 Å². The lowest BCUT2D eigenvalue weighted by Crippen LogP contribution is -2.05. The normalized spacial score (nSPS) is 11.7. The molecule has 0 heterocycles. The molecular formula is H3N2O2S2. The van der Waals surface area contributed by atoms with Crippen molar-refractivity contribution in [1.29, 1.82) is 0 Å². The van der Waals surface area contributed by atoms with Gasteiger partial charge in [-0.2, -0.15) is 13.6 Å². The van der Waals surface area contributed by atoms with E-state index < -0.39 is 9.06 Å². The second-order valence-corrected chi connectivity index (χ2v) is 3.62. The molecular weight excluding hydrogens is 124 g/mol. The van der Waals surface area contributed by atoms with Crippen LogP contribution in [0.2, 0.25) is 0 Å². The topological polar surface area (TPSA) is 84.0 Å². The largest absolute Gasteiger partial charge is 0.277 e. The molecule has 0 fully saturated rings. The second kappa shape index (κ2) is 1.78. The molecule has 0 aromatic heterocycles. The van der Waals surface area contributed by atoms with Crippen molar-refractivity contribution in [2.45, 2.75) is 0 Å². The van der Waals surface area contributed by atoms with Gasteiger partial charge < -0.3 is 0 Å². The minimum atomic E-state index is -3.58. The van der Waals surface area contributed by atoms with Gasteiger partial charge in [-0.3, -0.25) is 0 Å². The quantitative estimate of drug-likeness (QED) is 0.366. The maximum Gasteiger partial charge on any atom is 0.277 e. The van der Waals surface area contributed by atoms with Crippen molar-refractivity contribution in [2.24, 2.45) is 5.14 Å². The van der Waals surface area contributed by atoms with E-state index in [0.717, 1.165) is 0 Å². The lowest BCUT2D eigenvalue weighted by molar-refractivity contribution is 0.612. The standard InChI is InChI=1S/H3N2O2S2/c1-5-6(2,3)4/h1H,(H2,2,3,4). The summed E-state index contributed by atoms with van der Waals surface area (Å²) in [6, 6.07) is 0. The first-order valence-electron chi connectivity index (χ1n) is 0.940. The van der Waals surface area contributed by atoms with Crippen molar-refractivity contribution in [3.05, 3.63) is 0 Å². The van der Waals surface area contributed by atoms with Crippen molar-refractivity contribution in [3.63, 3.8) is 0 Å². The van der Waals surface area contributed by atoms with Gasteiger partial charge in [-0.1, -0.05) is 0 Å². The predicted octanol–water partition coefficient (Wildman–Crippen LogP) is -0.879. The minimum Gasteiger partial charge on any atom is -0.219 e. The fraction of sp³-hybridized carbons (Fsp3) is 0. The van der Waals surface area contributed by atoms with Gasteiger partial charge in [0.05, 0.1) is 11.0 Å². The van der Waals surface area contributed by atoms with Crippen molar-refractivity contribution in [3.8, 4) is 0 Å². The van der Waals surface area contributed by atoms with Gasteiger partial charge in [0.2, 0.25) is 0 Å². The van der Waals surface area contributed by atoms with Crippen LogP contribution >= 0.6 is 11.0 Å². The third-order valence-corrected chi connectivity index (χ3v) is 1.05. The number of nitrogens with two attached hydrogens (primary N) is 1. The fourth-order valence-corrected chi connectivity index (χ4v) is 0. The van der Waals surface area contributed by atoms with Crippen LogP contribution in [0.3, 0.4) is 0 Å². The van der Waals surface area contributed by atoms with Gasteiger partial charge in [0.25, 0.3) is 9.06 Å². The molecule has 0 aliphatic carbocycles. The van der Waals surface area contributed by atoms with Crippen LogP contribution in [0.4, 0.5) is 0 Å². The number of nitrogens with one attached hydrogen (secondary N) is 1. The zero-order chi connectivity index (χ0) is 5.21. The molecule has 0 unspecified atom stereocenters. The van der Waals surface area contributed by atoms with Crippen molar-refractivity contribution >= 4 is 20.0 Å². The van der Waals surface area contributed by atoms with Gasteiger partial charge in [-0.25, -0.2) is 5.14 Å². The molecule has 0 atom stereocenters. The minimum absolute atomic E-state index is 0.118. The Morgan fingerprint density at radius 2 is 1.83 bits per heavy atom. The highest BCUT2D eigenvalue weighted by Gasteiger charge is 1.94. The van der Waals surface area contributed by atoms with E-state index in [0.29, 0.717) is 0 Å². The van der Waals surface area contributed by atoms with E-state index >= 15 is 0 Å². The van der Waals surface area contributed by atoms with Crippen LogP contribution in [-0.2, 0) is 9.06 Å². The molecule has 3 N–H and O–H groups in total. The van der Waals surface area contributed by atoms with Crippen LogP contribution in [0.15, 0.2) is 0 Å². The maximum absolute atomic E-state index is 9.55. The van der Waals surface area contributed by atoms with E-state index in [4.69, 9.17) is 5.14 Å². The third kappa shape index (κ3) is 4.22. The van der Waals surface area contributed by atoms with E-state index in [1.165, 1.54) is 0 Å². The predicted molar refractivity (Wildman–Crippen MR) is 23.8 cm³/mol. The summed E-state index contributed by atoms with van der Waals surface area (Å²) in [5.41, 5.74) is 0. The van der Waals surface area contributed by atoms with Crippen LogP contribution in [0.25, 0.3) is 0 Å². The molecule has 0 aliphatic heterocycles. The van der Waals surface area contributed by atoms with Crippen LogP contribution in [0.5, 0.6) is 0 Å². The first-order chi connectivity index (χ1) is 2.56. The monoisotopic (exact) mass is 127 g/mol. The van der Waals surface area contributed by atoms with E-state index in [-0.39, 0.29) is 11.0 Å². The molecule has 0 spiro atoms. The summed E-state index contributed by atoms with van der Waals surface area (Å²) in [6.45, 7) is 0. The summed E-state index contributed by atoms with van der Waals surface area (Å²) in [6.07, 6.45) is 0. The summed E-state index contributed by atoms with van der Waals surface area (Å²) < 4.78 is 19.1. The van der Waals surface area contributed by atoms with Crippen molar-refractivity contribution < 1.29 is 8.42 Å². The van der Waals surface area contributed by atoms with E-state index in [2.05, 4.69) is 5.14 Å². The molecule has 4 nitrogen and oxygen atoms in total. The molecule has 0 amide bonds. The Morgan fingerprint density at radius 3 is 1.83 bits per heavy atom. The van der Waals surface area contributed by atoms with Gasteiger partial charge in [-0.15, -0.1) is 0 Å². The van der Waals surface area contributed by atoms with Crippen LogP contribution in [0, 0.1) is 0 Å². The molecule has 0 saturated carbocycles. The number of hydrogen-bond donors (Lipinski definition) is 1. The molecule has 0 saturated heterocycles. The average molecular weight is 127 g/mol. The van der Waals surface area contributed by atoms with Crippen molar-refractivity contribution in [1.82, 2.24) is 5.14 Å². The lowest BCUT2D eigenvalue weighted by atomic mass is 13.9. The van der Waals surface area contributed by atoms with Gasteiger partial charge in [0, 0.05) is 0 Å². The average Bonchev–Trinajstić information content (AvgIpc) is 1.35. The zero-order valence-corrected chi connectivity index (χ0v) is 4.34. The molecule has 0 aliphatic rings. The Balaban J connectivity index is 3.85. The molecule has 0 aromatic rings. The summed E-state index contributed by atoms with van der Waals surface area (Å²) in [7, 11) is -3.70. The summed E-state index contributed by atoms with van der Waals surface area (Å²) in [5, 5.41) is 10.3. The van der Waals surface area contributed by atoms with Gasteiger partial charge in [-0.05, 0) is 0 Å². The molecule has 1 radical (unpaired) electrons. The fourth-order valence-electron chi connectivity index (χ4n) is 0. The Bertz CT molecular complexity index is 112. The second-order valence-electron chi connectivity index (χ2n) is 0.576. The third-order valence-electron chi connectivity index (χ3n) is 0.116. The van der Waals surface area contributed by atoms with E-state index in [1.54, 1.807) is 0 Å². The number of hydrogen-bond acceptors (Lipinski definition) is 3. The zero-order valence-electron chi connectivity index (χ0n) is 2.71. The van der Waals surface area contributed by atoms with Crippen LogP contribution < -0.4 is 10.3 Å². The molecule has 0 aromatic carbocycles. The summed E-state index contributed by atoms with van der Waals surface area (Å²) in [4.78, 5) is 0. The molecule has 0 rings (SSSR count). The highest BCUT2D eigenvalue weighted by atomic mass is 33.1. The Labute approximate surface area is 39.5 Å². The molecule has 6 heteroatoms. The first kappa shape index (κ1) is 6.22. The maximum atomic E-state index is 9.55. The van der Waals surface area contributed by atoms with Crippen LogP contribution in [-0.4, -0.2) is 8.42 Å². The van der Waals surface area contributed by atoms with E-state index in [1.807, 2.05) is 0 Å². The smallest absolute Gasteiger partial charge is 0.219 e. The SMILES string of the molecule is [NH]SS(N)(=O)=O. The molecule has 0 bridgehead atoms. The van der Waals surface area contributed by atoms with E-state index in [9.17, 15) is 8.42 Å². The van der Waals surface area contributed by atoms with Gasteiger partial charge in [0.15, 0.2) is 0 Å². The summed E-state index contributed by atoms with van der Waals surface area (Å²) in [5.74, 6) is 0. The Hall–Kier alpha value is 0.220. The molecule has 37 valence electrons. The number of rotatable bonds is 1. The Kier molecular flexibility index (Phi) is 1.85. The Morgan fingerprint density at radius 1 is 1.67 bits per heavy atom. The van der Waals surface area contributed by atoms with Crippen molar-refractivity contribution in [2.75, 3.05) is 0 Å². The highest BCUT2D eigenvalue weighted by Crippen LogP contribution is 1.93. The molecule has 6 heavy (non-hydrogen) atoms. The van der Waals surface area contributed by atoms with Gasteiger partial charge in [0.1, 0.15) is 0 Å². The highest BCUT2D eigenvalue weighted by molar-refractivity contribution is 8.70. The first-order valence-corrected chi connectivity index (χ1v) is 3.82. The summed E-state index contributed by atoms with van der Waals surface area (Å²) >= 11 is 0.